The van der Waals surface area contributed by atoms with Crippen LogP contribution in [0.1, 0.15) is 49.2 Å². The third-order valence-electron chi connectivity index (χ3n) is 8.57. The molecular formula is C33H26O21. The Hall–Kier alpha value is -6.97. The van der Waals surface area contributed by atoms with Gasteiger partial charge in [0.05, 0.1) is 22.4 Å². The van der Waals surface area contributed by atoms with E-state index in [9.17, 15) is 80.1 Å². The number of ether oxygens (including phenoxy) is 4. The molecule has 6 rings (SSSR count). The first-order valence-corrected chi connectivity index (χ1v) is 15.3. The maximum absolute atomic E-state index is 13.4. The molecule has 0 saturated carbocycles. The van der Waals surface area contributed by atoms with Crippen LogP contribution in [0.15, 0.2) is 39.5 Å². The highest BCUT2D eigenvalue weighted by Crippen LogP contribution is 2.47. The SMILES string of the molecule is O=C(O[C@@H]1O[C@H](COC(=O)[C@H]2CC(=O)c3oc(=O)c4cc(O)c(O)c(O)c4c32)[C@@H](O)[C@H](OC(=O)c2cc(O)c(O)c(O)c2)[C@H]1O)c1cc(O)c(O)c(O)c1. The lowest BCUT2D eigenvalue weighted by Gasteiger charge is -2.41. The monoisotopic (exact) mass is 758 g/mol. The number of aliphatic hydroxyl groups excluding tert-OH is 2. The normalized spacial score (nSPS) is 22.1. The van der Waals surface area contributed by atoms with Crippen LogP contribution < -0.4 is 5.63 Å². The van der Waals surface area contributed by atoms with E-state index in [0.717, 1.165) is 6.07 Å². The molecule has 21 heteroatoms. The van der Waals surface area contributed by atoms with Crippen molar-refractivity contribution in [1.29, 1.82) is 0 Å². The van der Waals surface area contributed by atoms with Gasteiger partial charge in [0.25, 0.3) is 0 Å². The second kappa shape index (κ2) is 13.5. The Morgan fingerprint density at radius 1 is 0.685 bits per heavy atom. The van der Waals surface area contributed by atoms with Gasteiger partial charge in [-0.3, -0.25) is 9.59 Å². The van der Waals surface area contributed by atoms with E-state index in [2.05, 4.69) is 0 Å². The van der Waals surface area contributed by atoms with E-state index in [-0.39, 0.29) is 0 Å². The van der Waals surface area contributed by atoms with Crippen molar-refractivity contribution in [2.75, 3.05) is 6.61 Å². The lowest BCUT2D eigenvalue weighted by Crippen LogP contribution is -2.61. The summed E-state index contributed by atoms with van der Waals surface area (Å²) in [5, 5.41) is 110. The van der Waals surface area contributed by atoms with Gasteiger partial charge in [-0.25, -0.2) is 14.4 Å². The molecule has 0 spiro atoms. The predicted molar refractivity (Wildman–Crippen MR) is 168 cm³/mol. The fourth-order valence-electron chi connectivity index (χ4n) is 5.87. The van der Waals surface area contributed by atoms with Gasteiger partial charge in [-0.05, 0) is 30.3 Å². The van der Waals surface area contributed by atoms with Crippen LogP contribution in [0.5, 0.6) is 51.7 Å². The van der Waals surface area contributed by atoms with Crippen molar-refractivity contribution < 1.29 is 98.7 Å². The number of esters is 3. The molecule has 1 aliphatic heterocycles. The van der Waals surface area contributed by atoms with Gasteiger partial charge in [0.2, 0.25) is 12.0 Å². The third kappa shape index (κ3) is 6.27. The number of phenolic OH excluding ortho intramolecular Hbond substituents is 9. The van der Waals surface area contributed by atoms with Crippen LogP contribution in [0.3, 0.4) is 0 Å². The molecular weight excluding hydrogens is 732 g/mol. The fraction of sp³-hybridized carbons (Fsp3) is 0.242. The predicted octanol–water partition coefficient (Wildman–Crippen LogP) is -0.114. The Balaban J connectivity index is 1.29. The van der Waals surface area contributed by atoms with Gasteiger partial charge in [0.15, 0.2) is 69.7 Å². The first-order chi connectivity index (χ1) is 25.4. The van der Waals surface area contributed by atoms with Crippen molar-refractivity contribution >= 4 is 34.5 Å². The number of hydrogen-bond donors (Lipinski definition) is 11. The second-order valence-electron chi connectivity index (χ2n) is 12.0. The molecule has 0 radical (unpaired) electrons. The van der Waals surface area contributed by atoms with E-state index >= 15 is 0 Å². The zero-order valence-electron chi connectivity index (χ0n) is 26.8. The minimum Gasteiger partial charge on any atom is -0.504 e. The molecule has 3 aromatic carbocycles. The maximum Gasteiger partial charge on any atom is 0.344 e. The lowest BCUT2D eigenvalue weighted by molar-refractivity contribution is -0.285. The maximum atomic E-state index is 13.4. The summed E-state index contributed by atoms with van der Waals surface area (Å²) in [6.07, 6.45) is -11.3. The molecule has 1 fully saturated rings. The minimum absolute atomic E-state index is 0.396. The largest absolute Gasteiger partial charge is 0.504 e. The van der Waals surface area contributed by atoms with Crippen LogP contribution in [-0.4, -0.2) is 117 Å². The molecule has 11 N–H and O–H groups in total. The lowest BCUT2D eigenvalue weighted by atomic mass is 9.96. The Morgan fingerprint density at radius 3 is 1.76 bits per heavy atom. The number of phenols is 9. The van der Waals surface area contributed by atoms with Crippen LogP contribution >= 0.6 is 0 Å². The molecule has 1 saturated heterocycles. The summed E-state index contributed by atoms with van der Waals surface area (Å²) in [6.45, 7) is -1.02. The van der Waals surface area contributed by atoms with Gasteiger partial charge in [-0.15, -0.1) is 0 Å². The Labute approximate surface area is 297 Å². The number of aliphatic hydroxyl groups is 2. The minimum atomic E-state index is -2.26. The molecule has 1 aliphatic carbocycles. The number of fused-ring (bicyclic) bond motifs is 3. The van der Waals surface area contributed by atoms with Gasteiger partial charge < -0.3 is 79.5 Å². The Kier molecular flexibility index (Phi) is 9.23. The molecule has 2 heterocycles. The number of Topliss-reactive ketones (excluding diaryl/α,β-unsaturated/α-hetero) is 1. The van der Waals surface area contributed by atoms with Gasteiger partial charge in [0.1, 0.15) is 18.8 Å². The van der Waals surface area contributed by atoms with Crippen LogP contribution in [-0.2, 0) is 23.7 Å². The molecule has 6 atom stereocenters. The highest BCUT2D eigenvalue weighted by Gasteiger charge is 2.50. The third-order valence-corrected chi connectivity index (χ3v) is 8.57. The van der Waals surface area contributed by atoms with E-state index < -0.39 is 164 Å². The first-order valence-electron chi connectivity index (χ1n) is 15.3. The fourth-order valence-corrected chi connectivity index (χ4v) is 5.87. The van der Waals surface area contributed by atoms with Crippen LogP contribution in [0.2, 0.25) is 0 Å². The van der Waals surface area contributed by atoms with Gasteiger partial charge >= 0.3 is 23.5 Å². The van der Waals surface area contributed by atoms with Gasteiger partial charge in [0, 0.05) is 17.4 Å². The molecule has 54 heavy (non-hydrogen) atoms. The summed E-state index contributed by atoms with van der Waals surface area (Å²) in [7, 11) is 0. The smallest absolute Gasteiger partial charge is 0.344 e. The number of carbonyl (C=O) groups excluding carboxylic acids is 4. The Morgan fingerprint density at radius 2 is 1.20 bits per heavy atom. The van der Waals surface area contributed by atoms with Crippen molar-refractivity contribution in [2.24, 2.45) is 0 Å². The van der Waals surface area contributed by atoms with Crippen molar-refractivity contribution in [1.82, 2.24) is 0 Å². The van der Waals surface area contributed by atoms with Crippen molar-refractivity contribution in [3.8, 4) is 51.7 Å². The molecule has 0 bridgehead atoms. The van der Waals surface area contributed by atoms with E-state index in [1.54, 1.807) is 0 Å². The van der Waals surface area contributed by atoms with Crippen LogP contribution in [0.25, 0.3) is 10.8 Å². The summed E-state index contributed by atoms with van der Waals surface area (Å²) in [5.74, 6) is -16.3. The molecule has 0 unspecified atom stereocenters. The van der Waals surface area contributed by atoms with Gasteiger partial charge in [-0.2, -0.15) is 0 Å². The molecule has 0 amide bonds. The van der Waals surface area contributed by atoms with Crippen LogP contribution in [0, 0.1) is 0 Å². The summed E-state index contributed by atoms with van der Waals surface area (Å²) < 4.78 is 26.1. The first kappa shape index (κ1) is 36.8. The zero-order chi connectivity index (χ0) is 39.5. The second-order valence-corrected chi connectivity index (χ2v) is 12.0. The average molecular weight is 759 g/mol. The highest BCUT2D eigenvalue weighted by atomic mass is 16.7. The number of rotatable bonds is 7. The van der Waals surface area contributed by atoms with Crippen molar-refractivity contribution in [3.05, 3.63) is 63.2 Å². The number of carbonyl (C=O) groups is 4. The van der Waals surface area contributed by atoms with E-state index in [0.29, 0.717) is 24.3 Å². The number of aromatic hydroxyl groups is 9. The molecule has 1 aromatic heterocycles. The summed E-state index contributed by atoms with van der Waals surface area (Å²) in [6, 6.07) is 3.35. The Bertz CT molecular complexity index is 2260. The summed E-state index contributed by atoms with van der Waals surface area (Å²) in [5.41, 5.74) is -2.83. The van der Waals surface area contributed by atoms with Gasteiger partial charge in [-0.1, -0.05) is 0 Å². The van der Waals surface area contributed by atoms with E-state index in [1.807, 2.05) is 0 Å². The highest BCUT2D eigenvalue weighted by molar-refractivity contribution is 6.10. The molecule has 4 aromatic rings. The quantitative estimate of drug-likeness (QED) is 0.0665. The average Bonchev–Trinajstić information content (AvgIpc) is 3.45. The summed E-state index contributed by atoms with van der Waals surface area (Å²) in [4.78, 5) is 64.7. The number of benzene rings is 3. The number of ketones is 1. The standard InChI is InChI=1S/C33H26O21/c34-12-1-8(2-13(35)21(12)40)29(46)53-28-24(43)18(51-33(26(28)45)54-30(47)9-3-14(36)22(41)15(37)4-9)7-50-31(48)11-6-17(39)27-20(11)19-10(32(49)52-27)5-16(38)23(42)25(19)44/h1-5,11,18,24,26,28,33-38,40-45H,6-7H2/t11-,18+,24+,26+,28-,33-/m0/s1. The molecule has 284 valence electrons. The topological polar surface area (TPSA) is 358 Å². The zero-order valence-corrected chi connectivity index (χ0v) is 26.8. The van der Waals surface area contributed by atoms with Crippen molar-refractivity contribution in [2.45, 2.75) is 43.0 Å². The van der Waals surface area contributed by atoms with Crippen molar-refractivity contribution in [3.63, 3.8) is 0 Å². The van der Waals surface area contributed by atoms with Crippen LogP contribution in [0.4, 0.5) is 0 Å². The summed E-state index contributed by atoms with van der Waals surface area (Å²) >= 11 is 0. The number of hydrogen-bond acceptors (Lipinski definition) is 21. The van der Waals surface area contributed by atoms with E-state index in [1.165, 1.54) is 0 Å². The molecule has 21 nitrogen and oxygen atoms in total. The van der Waals surface area contributed by atoms with E-state index in [4.69, 9.17) is 23.4 Å². The molecule has 2 aliphatic rings.